The molecule has 0 unspecified atom stereocenters. The van der Waals surface area contributed by atoms with E-state index in [9.17, 15) is 14.4 Å². The quantitative estimate of drug-likeness (QED) is 0.377. The number of primary amides is 1. The largest absolute Gasteiger partial charge is 0.496 e. The molecule has 2 heterocycles. The number of anilines is 1. The highest BCUT2D eigenvalue weighted by atomic mass is 16.6. The van der Waals surface area contributed by atoms with Gasteiger partial charge in [-0.15, -0.1) is 0 Å². The van der Waals surface area contributed by atoms with Crippen molar-refractivity contribution in [2.24, 2.45) is 11.7 Å². The van der Waals surface area contributed by atoms with Crippen LogP contribution >= 0.6 is 0 Å². The molecule has 4 rings (SSSR count). The summed E-state index contributed by atoms with van der Waals surface area (Å²) in [5.74, 6) is -0.146. The molecular weight excluding hydrogens is 524 g/mol. The second-order valence-electron chi connectivity index (χ2n) is 11.2. The second-order valence-corrected chi connectivity index (χ2v) is 11.2. The minimum atomic E-state index is -0.670. The summed E-state index contributed by atoms with van der Waals surface area (Å²) in [6.07, 6.45) is 1.37. The van der Waals surface area contributed by atoms with Gasteiger partial charge in [-0.1, -0.05) is 36.4 Å². The van der Waals surface area contributed by atoms with Gasteiger partial charge in [-0.3, -0.25) is 9.59 Å². The van der Waals surface area contributed by atoms with E-state index < -0.39 is 11.5 Å². The van der Waals surface area contributed by atoms with Crippen LogP contribution in [0.3, 0.4) is 0 Å². The molecule has 11 heteroatoms. The molecule has 3 aromatic rings. The Kier molecular flexibility index (Phi) is 8.85. The maximum atomic E-state index is 12.6. The van der Waals surface area contributed by atoms with Gasteiger partial charge >= 0.3 is 6.09 Å². The molecule has 1 saturated heterocycles. The first-order chi connectivity index (χ1) is 19.5. The average Bonchev–Trinajstić information content (AvgIpc) is 3.26. The number of carbonyl (C=O) groups is 3. The van der Waals surface area contributed by atoms with Gasteiger partial charge in [0.25, 0.3) is 11.8 Å². The van der Waals surface area contributed by atoms with E-state index in [0.717, 1.165) is 18.4 Å². The molecule has 1 aliphatic rings. The smallest absolute Gasteiger partial charge is 0.410 e. The fourth-order valence-electron chi connectivity index (χ4n) is 4.90. The highest BCUT2D eigenvalue weighted by Crippen LogP contribution is 2.29. The van der Waals surface area contributed by atoms with Crippen molar-refractivity contribution in [3.05, 3.63) is 65.2 Å². The summed E-state index contributed by atoms with van der Waals surface area (Å²) in [4.78, 5) is 39.3. The normalized spacial score (nSPS) is 15.3. The number of nitrogens with one attached hydrogen (secondary N) is 1. The molecule has 218 valence electrons. The summed E-state index contributed by atoms with van der Waals surface area (Å²) in [6.45, 7) is 7.38. The van der Waals surface area contributed by atoms with E-state index in [2.05, 4.69) is 10.4 Å². The molecule has 1 aliphatic heterocycles. The summed E-state index contributed by atoms with van der Waals surface area (Å²) < 4.78 is 12.4. The predicted octanol–water partition coefficient (Wildman–Crippen LogP) is 3.82. The van der Waals surface area contributed by atoms with Crippen molar-refractivity contribution in [2.45, 2.75) is 52.3 Å². The van der Waals surface area contributed by atoms with Crippen LogP contribution in [-0.2, 0) is 17.8 Å². The van der Waals surface area contributed by atoms with Gasteiger partial charge in [0.1, 0.15) is 28.4 Å². The van der Waals surface area contributed by atoms with Crippen LogP contribution in [0.25, 0.3) is 11.3 Å². The number of carbonyl (C=O) groups excluding carboxylic acids is 3. The fraction of sp³-hybridized carbons (Fsp3) is 0.400. The molecule has 5 N–H and O–H groups in total. The van der Waals surface area contributed by atoms with E-state index in [-0.39, 0.29) is 29.3 Å². The van der Waals surface area contributed by atoms with Gasteiger partial charge in [-0.05, 0) is 57.2 Å². The van der Waals surface area contributed by atoms with Crippen LogP contribution in [0.4, 0.5) is 10.6 Å². The monoisotopic (exact) mass is 562 g/mol. The number of hydrogen-bond acceptors (Lipinski definition) is 7. The van der Waals surface area contributed by atoms with Gasteiger partial charge in [0.15, 0.2) is 0 Å². The van der Waals surface area contributed by atoms with Crippen molar-refractivity contribution in [1.82, 2.24) is 20.0 Å². The van der Waals surface area contributed by atoms with Gasteiger partial charge in [-0.2, -0.15) is 5.10 Å². The maximum Gasteiger partial charge on any atom is 0.410 e. The molecule has 1 atom stereocenters. The Morgan fingerprint density at radius 2 is 1.80 bits per heavy atom. The third-order valence-corrected chi connectivity index (χ3v) is 6.87. The van der Waals surface area contributed by atoms with Crippen LogP contribution in [0.2, 0.25) is 0 Å². The molecule has 1 fully saturated rings. The second kappa shape index (κ2) is 12.3. The zero-order valence-corrected chi connectivity index (χ0v) is 24.0. The van der Waals surface area contributed by atoms with Gasteiger partial charge in [0.2, 0.25) is 0 Å². The number of rotatable bonds is 8. The first-order valence-electron chi connectivity index (χ1n) is 13.6. The molecule has 41 heavy (non-hydrogen) atoms. The molecule has 2 aromatic carbocycles. The summed E-state index contributed by atoms with van der Waals surface area (Å²) in [6, 6.07) is 14.3. The van der Waals surface area contributed by atoms with E-state index >= 15 is 0 Å². The minimum Gasteiger partial charge on any atom is -0.496 e. The Bertz CT molecular complexity index is 1410. The van der Waals surface area contributed by atoms with Gasteiger partial charge in [0.05, 0.1) is 12.7 Å². The molecular formula is C30H38N6O5. The van der Waals surface area contributed by atoms with Crippen LogP contribution in [0.1, 0.15) is 59.9 Å². The number of hydrogen-bond donors (Lipinski definition) is 3. The van der Waals surface area contributed by atoms with Crippen LogP contribution in [0.15, 0.2) is 48.5 Å². The Morgan fingerprint density at radius 1 is 1.10 bits per heavy atom. The van der Waals surface area contributed by atoms with Crippen molar-refractivity contribution in [3.8, 4) is 17.0 Å². The number of benzene rings is 2. The summed E-state index contributed by atoms with van der Waals surface area (Å²) in [5.41, 5.74) is 14.0. The summed E-state index contributed by atoms with van der Waals surface area (Å²) in [7, 11) is 1.52. The SMILES string of the molecule is COc1ccccc1C(=O)NCc1ccc(-c2nn(C[C@H]3CCCN(C(=O)OC(C)(C)C)C3)c(N)c2C(N)=O)cc1. The maximum absolute atomic E-state index is 12.6. The zero-order valence-electron chi connectivity index (χ0n) is 24.0. The number of ether oxygens (including phenoxy) is 2. The molecule has 0 saturated carbocycles. The number of amides is 3. The van der Waals surface area contributed by atoms with E-state index in [1.54, 1.807) is 33.8 Å². The average molecular weight is 563 g/mol. The van der Waals surface area contributed by atoms with Crippen molar-refractivity contribution in [3.63, 3.8) is 0 Å². The topological polar surface area (TPSA) is 155 Å². The molecule has 11 nitrogen and oxygen atoms in total. The highest BCUT2D eigenvalue weighted by Gasteiger charge is 2.29. The predicted molar refractivity (Wildman–Crippen MR) is 155 cm³/mol. The lowest BCUT2D eigenvalue weighted by atomic mass is 9.98. The first-order valence-corrected chi connectivity index (χ1v) is 13.6. The Balaban J connectivity index is 1.46. The molecule has 0 spiro atoms. The van der Waals surface area contributed by atoms with Gasteiger partial charge in [-0.25, -0.2) is 9.48 Å². The van der Waals surface area contributed by atoms with E-state index in [0.29, 0.717) is 48.7 Å². The van der Waals surface area contributed by atoms with Crippen molar-refractivity contribution in [1.29, 1.82) is 0 Å². The first kappa shape index (κ1) is 29.4. The molecule has 0 aliphatic carbocycles. The molecule has 0 radical (unpaired) electrons. The van der Waals surface area contributed by atoms with Crippen molar-refractivity contribution >= 4 is 23.7 Å². The summed E-state index contributed by atoms with van der Waals surface area (Å²) in [5, 5.41) is 7.55. The van der Waals surface area contributed by atoms with Crippen LogP contribution in [-0.4, -0.2) is 58.4 Å². The number of para-hydroxylation sites is 1. The van der Waals surface area contributed by atoms with Gasteiger partial charge < -0.3 is 31.2 Å². The van der Waals surface area contributed by atoms with Crippen LogP contribution in [0, 0.1) is 5.92 Å². The Morgan fingerprint density at radius 3 is 2.46 bits per heavy atom. The van der Waals surface area contributed by atoms with E-state index in [1.165, 1.54) is 7.11 Å². The number of methoxy groups -OCH3 is 1. The minimum absolute atomic E-state index is 0.0845. The zero-order chi connectivity index (χ0) is 29.7. The highest BCUT2D eigenvalue weighted by molar-refractivity contribution is 6.03. The number of likely N-dealkylation sites (tertiary alicyclic amines) is 1. The van der Waals surface area contributed by atoms with Gasteiger partial charge in [0, 0.05) is 31.7 Å². The Hall–Kier alpha value is -4.54. The number of nitrogens with zero attached hydrogens (tertiary/aromatic N) is 3. The van der Waals surface area contributed by atoms with Crippen molar-refractivity contribution < 1.29 is 23.9 Å². The van der Waals surface area contributed by atoms with E-state index in [4.69, 9.17) is 20.9 Å². The summed E-state index contributed by atoms with van der Waals surface area (Å²) >= 11 is 0. The third-order valence-electron chi connectivity index (χ3n) is 6.87. The van der Waals surface area contributed by atoms with Crippen LogP contribution < -0.4 is 21.5 Å². The van der Waals surface area contributed by atoms with Crippen molar-refractivity contribution in [2.75, 3.05) is 25.9 Å². The number of piperidine rings is 1. The lowest BCUT2D eigenvalue weighted by Crippen LogP contribution is -2.43. The molecule has 0 bridgehead atoms. The molecule has 1 aromatic heterocycles. The lowest BCUT2D eigenvalue weighted by Gasteiger charge is -2.34. The third kappa shape index (κ3) is 7.16. The van der Waals surface area contributed by atoms with Crippen LogP contribution in [0.5, 0.6) is 5.75 Å². The lowest BCUT2D eigenvalue weighted by molar-refractivity contribution is 0.0155. The fourth-order valence-corrected chi connectivity index (χ4v) is 4.90. The molecule has 3 amide bonds. The number of nitrogens with two attached hydrogens (primary N) is 2. The number of nitrogen functional groups attached to an aromatic ring is 1. The Labute approximate surface area is 239 Å². The standard InChI is InChI=1S/C30H38N6O5/c1-30(2,3)41-29(39)35-15-7-8-20(17-35)18-36-26(31)24(27(32)37)25(34-36)21-13-11-19(12-14-21)16-33-28(38)22-9-5-6-10-23(22)40-4/h5-6,9-14,20H,7-8,15-18,31H2,1-4H3,(H2,32,37)(H,33,38)/t20-/m0/s1. The number of aromatic nitrogens is 2. The van der Waals surface area contributed by atoms with E-state index in [1.807, 2.05) is 45.0 Å².